The van der Waals surface area contributed by atoms with E-state index in [4.69, 9.17) is 10.5 Å². The molecule has 1 fully saturated rings. The summed E-state index contributed by atoms with van der Waals surface area (Å²) in [7, 11) is 1.60. The normalized spacial score (nSPS) is 18.9. The standard InChI is InChI=1S/C15H25N3O2/c1-3-17-6-8-18(9-7-17)14(11-16)13-5-4-12(20-2)10-15(13)19/h4-5,10,14,19H,3,6-9,11,16H2,1-2H3. The third kappa shape index (κ3) is 3.23. The van der Waals surface area contributed by atoms with Crippen molar-refractivity contribution in [2.75, 3.05) is 46.4 Å². The molecule has 1 unspecified atom stereocenters. The first-order valence-corrected chi connectivity index (χ1v) is 7.23. The smallest absolute Gasteiger partial charge is 0.124 e. The first-order valence-electron chi connectivity index (χ1n) is 7.23. The lowest BCUT2D eigenvalue weighted by Gasteiger charge is -2.38. The van der Waals surface area contributed by atoms with E-state index in [0.29, 0.717) is 12.3 Å². The lowest BCUT2D eigenvalue weighted by molar-refractivity contribution is 0.101. The minimum atomic E-state index is 0.0694. The van der Waals surface area contributed by atoms with Gasteiger partial charge in [-0.05, 0) is 12.6 Å². The van der Waals surface area contributed by atoms with E-state index in [1.165, 1.54) is 0 Å². The summed E-state index contributed by atoms with van der Waals surface area (Å²) in [6.45, 7) is 7.88. The number of benzene rings is 1. The van der Waals surface area contributed by atoms with E-state index in [9.17, 15) is 5.11 Å². The van der Waals surface area contributed by atoms with E-state index in [0.717, 1.165) is 38.3 Å². The van der Waals surface area contributed by atoms with Gasteiger partial charge in [-0.15, -0.1) is 0 Å². The Hall–Kier alpha value is -1.30. The summed E-state index contributed by atoms with van der Waals surface area (Å²) in [4.78, 5) is 4.78. The average Bonchev–Trinajstić information content (AvgIpc) is 2.50. The fourth-order valence-electron chi connectivity index (χ4n) is 2.80. The van der Waals surface area contributed by atoms with Crippen LogP contribution >= 0.6 is 0 Å². The quantitative estimate of drug-likeness (QED) is 0.843. The molecule has 2 rings (SSSR count). The fourth-order valence-corrected chi connectivity index (χ4v) is 2.80. The van der Waals surface area contributed by atoms with Crippen LogP contribution in [0.25, 0.3) is 0 Å². The molecule has 0 radical (unpaired) electrons. The number of ether oxygens (including phenoxy) is 1. The highest BCUT2D eigenvalue weighted by Crippen LogP contribution is 2.31. The molecular formula is C15H25N3O2. The second-order valence-electron chi connectivity index (χ2n) is 5.15. The molecule has 0 spiro atoms. The highest BCUT2D eigenvalue weighted by molar-refractivity contribution is 5.41. The molecular weight excluding hydrogens is 254 g/mol. The second-order valence-corrected chi connectivity index (χ2v) is 5.15. The molecule has 1 saturated heterocycles. The number of nitrogens with two attached hydrogens (primary N) is 1. The first kappa shape index (κ1) is 15.1. The van der Waals surface area contributed by atoms with Gasteiger partial charge in [-0.25, -0.2) is 0 Å². The Balaban J connectivity index is 2.12. The SMILES string of the molecule is CCN1CCN(C(CN)c2ccc(OC)cc2O)CC1. The number of rotatable bonds is 5. The van der Waals surface area contributed by atoms with Crippen LogP contribution in [0, 0.1) is 0 Å². The van der Waals surface area contributed by atoms with E-state index < -0.39 is 0 Å². The summed E-state index contributed by atoms with van der Waals surface area (Å²) < 4.78 is 5.13. The number of aromatic hydroxyl groups is 1. The van der Waals surface area contributed by atoms with Gasteiger partial charge >= 0.3 is 0 Å². The van der Waals surface area contributed by atoms with Gasteiger partial charge in [0.25, 0.3) is 0 Å². The Bertz CT molecular complexity index is 431. The molecule has 5 nitrogen and oxygen atoms in total. The van der Waals surface area contributed by atoms with Gasteiger partial charge in [0.1, 0.15) is 11.5 Å². The molecule has 0 amide bonds. The lowest BCUT2D eigenvalue weighted by atomic mass is 10.0. The van der Waals surface area contributed by atoms with Gasteiger partial charge in [0.15, 0.2) is 0 Å². The van der Waals surface area contributed by atoms with Crippen LogP contribution in [0.2, 0.25) is 0 Å². The van der Waals surface area contributed by atoms with Gasteiger partial charge in [-0.3, -0.25) is 4.90 Å². The summed E-state index contributed by atoms with van der Waals surface area (Å²) in [5.41, 5.74) is 6.83. The molecule has 1 heterocycles. The Labute approximate surface area is 120 Å². The summed E-state index contributed by atoms with van der Waals surface area (Å²) in [5.74, 6) is 0.926. The maximum absolute atomic E-state index is 10.2. The number of hydrogen-bond donors (Lipinski definition) is 2. The molecule has 1 aromatic carbocycles. The number of piperazine rings is 1. The summed E-state index contributed by atoms with van der Waals surface area (Å²) >= 11 is 0. The van der Waals surface area contributed by atoms with Gasteiger partial charge in [0, 0.05) is 44.4 Å². The van der Waals surface area contributed by atoms with Crippen molar-refractivity contribution >= 4 is 0 Å². The molecule has 1 aromatic rings. The number of likely N-dealkylation sites (N-methyl/N-ethyl adjacent to an activating group) is 1. The van der Waals surface area contributed by atoms with E-state index in [2.05, 4.69) is 16.7 Å². The Kier molecular flexibility index (Phi) is 5.23. The molecule has 3 N–H and O–H groups in total. The Morgan fingerprint density at radius 3 is 2.50 bits per heavy atom. The van der Waals surface area contributed by atoms with Crippen molar-refractivity contribution in [3.63, 3.8) is 0 Å². The molecule has 112 valence electrons. The van der Waals surface area contributed by atoms with Gasteiger partial charge < -0.3 is 20.5 Å². The highest BCUT2D eigenvalue weighted by atomic mass is 16.5. The van der Waals surface area contributed by atoms with Crippen LogP contribution in [0.4, 0.5) is 0 Å². The zero-order chi connectivity index (χ0) is 14.5. The highest BCUT2D eigenvalue weighted by Gasteiger charge is 2.25. The number of hydrogen-bond acceptors (Lipinski definition) is 5. The largest absolute Gasteiger partial charge is 0.507 e. The molecule has 0 aliphatic carbocycles. The van der Waals surface area contributed by atoms with Crippen LogP contribution in [0.3, 0.4) is 0 Å². The minimum Gasteiger partial charge on any atom is -0.507 e. The number of phenols is 1. The van der Waals surface area contributed by atoms with Crippen molar-refractivity contribution in [1.29, 1.82) is 0 Å². The minimum absolute atomic E-state index is 0.0694. The molecule has 1 aliphatic heterocycles. The van der Waals surface area contributed by atoms with Crippen LogP contribution in [0.5, 0.6) is 11.5 Å². The molecule has 0 aromatic heterocycles. The van der Waals surface area contributed by atoms with Gasteiger partial charge in [0.05, 0.1) is 13.2 Å². The van der Waals surface area contributed by atoms with Crippen molar-refractivity contribution in [2.45, 2.75) is 13.0 Å². The zero-order valence-electron chi connectivity index (χ0n) is 12.4. The summed E-state index contributed by atoms with van der Waals surface area (Å²) in [6.07, 6.45) is 0. The third-order valence-corrected chi connectivity index (χ3v) is 4.11. The van der Waals surface area contributed by atoms with Crippen molar-refractivity contribution in [1.82, 2.24) is 9.80 Å². The number of phenolic OH excluding ortho intramolecular Hbond substituents is 1. The Morgan fingerprint density at radius 2 is 2.00 bits per heavy atom. The van der Waals surface area contributed by atoms with E-state index >= 15 is 0 Å². The van der Waals surface area contributed by atoms with Crippen molar-refractivity contribution in [3.05, 3.63) is 23.8 Å². The van der Waals surface area contributed by atoms with E-state index in [1.54, 1.807) is 13.2 Å². The molecule has 20 heavy (non-hydrogen) atoms. The van der Waals surface area contributed by atoms with Crippen LogP contribution in [-0.2, 0) is 0 Å². The van der Waals surface area contributed by atoms with Crippen LogP contribution in [0.15, 0.2) is 18.2 Å². The third-order valence-electron chi connectivity index (χ3n) is 4.11. The molecule has 5 heteroatoms. The van der Waals surface area contributed by atoms with E-state index in [-0.39, 0.29) is 11.8 Å². The topological polar surface area (TPSA) is 62.0 Å². The summed E-state index contributed by atoms with van der Waals surface area (Å²) in [5, 5.41) is 10.2. The second kappa shape index (κ2) is 6.92. The van der Waals surface area contributed by atoms with Crippen molar-refractivity contribution in [3.8, 4) is 11.5 Å². The van der Waals surface area contributed by atoms with Crippen LogP contribution < -0.4 is 10.5 Å². The summed E-state index contributed by atoms with van der Waals surface area (Å²) in [6, 6.07) is 5.51. The molecule has 1 aliphatic rings. The van der Waals surface area contributed by atoms with Crippen molar-refractivity contribution < 1.29 is 9.84 Å². The Morgan fingerprint density at radius 1 is 1.30 bits per heavy atom. The fraction of sp³-hybridized carbons (Fsp3) is 0.600. The molecule has 0 saturated carbocycles. The average molecular weight is 279 g/mol. The van der Waals surface area contributed by atoms with E-state index in [1.807, 2.05) is 12.1 Å². The number of methoxy groups -OCH3 is 1. The maximum Gasteiger partial charge on any atom is 0.124 e. The predicted octanol–water partition coefficient (Wildman–Crippen LogP) is 1.04. The maximum atomic E-state index is 10.2. The van der Waals surface area contributed by atoms with Gasteiger partial charge in [-0.2, -0.15) is 0 Å². The van der Waals surface area contributed by atoms with Crippen LogP contribution in [0.1, 0.15) is 18.5 Å². The van der Waals surface area contributed by atoms with Crippen LogP contribution in [-0.4, -0.2) is 61.3 Å². The van der Waals surface area contributed by atoms with Gasteiger partial charge in [0.2, 0.25) is 0 Å². The first-order chi connectivity index (χ1) is 9.69. The van der Waals surface area contributed by atoms with Gasteiger partial charge in [-0.1, -0.05) is 13.0 Å². The molecule has 1 atom stereocenters. The number of nitrogens with zero attached hydrogens (tertiary/aromatic N) is 2. The lowest BCUT2D eigenvalue weighted by Crippen LogP contribution is -2.48. The molecule has 0 bridgehead atoms. The van der Waals surface area contributed by atoms with Crippen molar-refractivity contribution in [2.24, 2.45) is 5.73 Å². The monoisotopic (exact) mass is 279 g/mol. The zero-order valence-corrected chi connectivity index (χ0v) is 12.4. The predicted molar refractivity (Wildman–Crippen MR) is 80.1 cm³/mol.